The molecule has 4 rings (SSSR count). The number of halogens is 1. The molecule has 274 valence electrons. The van der Waals surface area contributed by atoms with E-state index in [9.17, 15) is 31.1 Å². The first kappa shape index (κ1) is 39.0. The third kappa shape index (κ3) is 9.72. The van der Waals surface area contributed by atoms with Crippen molar-refractivity contribution in [2.75, 3.05) is 45.2 Å². The number of hydrogen-bond acceptors (Lipinski definition) is 9. The van der Waals surface area contributed by atoms with Crippen LogP contribution >= 0.6 is 0 Å². The van der Waals surface area contributed by atoms with Crippen molar-refractivity contribution < 1.29 is 45.3 Å². The van der Waals surface area contributed by atoms with E-state index in [1.165, 1.54) is 67.6 Å². The third-order valence-corrected chi connectivity index (χ3v) is 11.9. The van der Waals surface area contributed by atoms with Crippen molar-refractivity contribution in [2.24, 2.45) is 5.92 Å². The van der Waals surface area contributed by atoms with Crippen molar-refractivity contribution in [3.05, 3.63) is 78.1 Å². The van der Waals surface area contributed by atoms with Crippen LogP contribution in [-0.4, -0.2) is 95.8 Å². The summed E-state index contributed by atoms with van der Waals surface area (Å²) in [6.07, 6.45) is 1.05. The molecule has 3 aromatic rings. The van der Waals surface area contributed by atoms with E-state index >= 15 is 0 Å². The number of rotatable bonds is 10. The number of aliphatic hydroxyl groups excluding tert-OH is 1. The maximum absolute atomic E-state index is 14.4. The zero-order chi connectivity index (χ0) is 36.6. The topological polar surface area (TPSA) is 152 Å². The number of benzene rings is 3. The molecule has 3 aromatic carbocycles. The Morgan fingerprint density at radius 3 is 2.32 bits per heavy atom. The van der Waals surface area contributed by atoms with Crippen LogP contribution < -0.4 is 14.2 Å². The molecule has 0 radical (unpaired) electrons. The molecule has 1 aliphatic heterocycles. The summed E-state index contributed by atoms with van der Waals surface area (Å²) in [5, 5.41) is 10.2. The zero-order valence-electron chi connectivity index (χ0n) is 28.9. The highest BCUT2D eigenvalue weighted by molar-refractivity contribution is 7.92. The van der Waals surface area contributed by atoms with Gasteiger partial charge >= 0.3 is 0 Å². The molecule has 0 unspecified atom stereocenters. The monoisotopic (exact) mass is 735 g/mol. The Kier molecular flexibility index (Phi) is 13.2. The fourth-order valence-corrected chi connectivity index (χ4v) is 7.79. The molecular formula is C35H46FN3O9S2. The van der Waals surface area contributed by atoms with Gasteiger partial charge in [-0.1, -0.05) is 6.92 Å². The minimum absolute atomic E-state index is 0.00334. The normalized spacial score (nSPS) is 20.4. The molecule has 0 aliphatic carbocycles. The number of sulfonamides is 2. The number of hydrogen-bond donors (Lipinski definition) is 2. The standard InChI is InChI=1S/C35H46FN3O9S2/c1-24-21-39(25(2)23-40)35(41)32-20-28(37-49(42,43)30-16-12-29(46-5)13-17-30)11-18-33(32)48-26(3)8-6-7-19-47-34(24)22-38(4)50(44,45)31-14-9-27(36)10-15-31/h9-18,20,24-26,34,37,40H,6-8,19,21-23H2,1-5H3/t24-,25-,26-,34+/m1/s1. The van der Waals surface area contributed by atoms with Crippen molar-refractivity contribution in [1.29, 1.82) is 0 Å². The SMILES string of the molecule is COc1ccc(S(=O)(=O)Nc2ccc3c(c2)C(=O)N([C@H](C)CO)C[C@@H](C)[C@H](CN(C)S(=O)(=O)c2ccc(F)cc2)OCCCC[C@@H](C)O3)cc1. The lowest BCUT2D eigenvalue weighted by Gasteiger charge is -2.35. The van der Waals surface area contributed by atoms with E-state index in [0.717, 1.165) is 22.9 Å². The first-order valence-corrected chi connectivity index (χ1v) is 19.3. The second-order valence-corrected chi connectivity index (χ2v) is 16.3. The average molecular weight is 736 g/mol. The highest BCUT2D eigenvalue weighted by Crippen LogP contribution is 2.30. The molecule has 1 heterocycles. The lowest BCUT2D eigenvalue weighted by Crippen LogP contribution is -2.48. The van der Waals surface area contributed by atoms with Gasteiger partial charge in [0.25, 0.3) is 15.9 Å². The van der Waals surface area contributed by atoms with Crippen LogP contribution in [-0.2, 0) is 24.8 Å². The number of ether oxygens (including phenoxy) is 3. The van der Waals surface area contributed by atoms with Gasteiger partial charge in [-0.3, -0.25) is 9.52 Å². The zero-order valence-corrected chi connectivity index (χ0v) is 30.5. The molecule has 0 spiro atoms. The highest BCUT2D eigenvalue weighted by atomic mass is 32.2. The van der Waals surface area contributed by atoms with Crippen molar-refractivity contribution in [1.82, 2.24) is 9.21 Å². The van der Waals surface area contributed by atoms with Crippen molar-refractivity contribution in [2.45, 2.75) is 68.1 Å². The fraction of sp³-hybridized carbons (Fsp3) is 0.457. The number of aliphatic hydroxyl groups is 1. The molecule has 1 amide bonds. The number of anilines is 1. The minimum Gasteiger partial charge on any atom is -0.497 e. The molecule has 0 bridgehead atoms. The van der Waals surface area contributed by atoms with Gasteiger partial charge in [0.2, 0.25) is 10.0 Å². The molecule has 15 heteroatoms. The Hall–Kier alpha value is -3.76. The van der Waals surface area contributed by atoms with Crippen LogP contribution in [0.2, 0.25) is 0 Å². The van der Waals surface area contributed by atoms with Gasteiger partial charge in [-0.05, 0) is 99.8 Å². The van der Waals surface area contributed by atoms with Gasteiger partial charge in [0.1, 0.15) is 17.3 Å². The Labute approximate surface area is 294 Å². The molecule has 50 heavy (non-hydrogen) atoms. The molecule has 1 aliphatic rings. The second-order valence-electron chi connectivity index (χ2n) is 12.5. The fourth-order valence-electron chi connectivity index (χ4n) is 5.56. The number of nitrogens with one attached hydrogen (secondary N) is 1. The summed E-state index contributed by atoms with van der Waals surface area (Å²) in [6.45, 7) is 5.35. The molecule has 4 atom stereocenters. The van der Waals surface area contributed by atoms with Gasteiger partial charge in [-0.2, -0.15) is 4.31 Å². The molecule has 2 N–H and O–H groups in total. The van der Waals surface area contributed by atoms with Crippen LogP contribution in [0.3, 0.4) is 0 Å². The Bertz CT molecular complexity index is 1810. The summed E-state index contributed by atoms with van der Waals surface area (Å²) in [7, 11) is -5.13. The number of likely N-dealkylation sites (N-methyl/N-ethyl adjacent to an activating group) is 1. The Morgan fingerprint density at radius 2 is 1.68 bits per heavy atom. The third-order valence-electron chi connectivity index (χ3n) is 8.63. The Balaban J connectivity index is 1.67. The second kappa shape index (κ2) is 17.0. The van der Waals surface area contributed by atoms with E-state index < -0.39 is 49.8 Å². The summed E-state index contributed by atoms with van der Waals surface area (Å²) < 4.78 is 88.0. The van der Waals surface area contributed by atoms with Crippen molar-refractivity contribution >= 4 is 31.6 Å². The first-order valence-electron chi connectivity index (χ1n) is 16.4. The largest absolute Gasteiger partial charge is 0.497 e. The van der Waals surface area contributed by atoms with Crippen LogP contribution in [0.15, 0.2) is 76.5 Å². The molecule has 0 saturated carbocycles. The maximum Gasteiger partial charge on any atom is 0.261 e. The van der Waals surface area contributed by atoms with E-state index in [1.807, 2.05) is 13.8 Å². The quantitative estimate of drug-likeness (QED) is 0.301. The van der Waals surface area contributed by atoms with Gasteiger partial charge in [0, 0.05) is 38.3 Å². The van der Waals surface area contributed by atoms with Crippen LogP contribution in [0.5, 0.6) is 11.5 Å². The lowest BCUT2D eigenvalue weighted by atomic mass is 10.0. The van der Waals surface area contributed by atoms with Gasteiger partial charge in [-0.15, -0.1) is 0 Å². The lowest BCUT2D eigenvalue weighted by molar-refractivity contribution is -0.00834. The maximum atomic E-state index is 14.4. The number of amides is 1. The van der Waals surface area contributed by atoms with Gasteiger partial charge in [0.15, 0.2) is 0 Å². The number of carbonyl (C=O) groups is 1. The van der Waals surface area contributed by atoms with Crippen molar-refractivity contribution in [3.8, 4) is 11.5 Å². The molecule has 0 fully saturated rings. The summed E-state index contributed by atoms with van der Waals surface area (Å²) in [5.74, 6) is -0.752. The number of fused-ring (bicyclic) bond motifs is 1. The number of methoxy groups -OCH3 is 1. The van der Waals surface area contributed by atoms with E-state index in [-0.39, 0.29) is 52.6 Å². The predicted molar refractivity (Wildman–Crippen MR) is 187 cm³/mol. The van der Waals surface area contributed by atoms with Crippen LogP contribution in [0.4, 0.5) is 10.1 Å². The number of carbonyl (C=O) groups excluding carboxylic acids is 1. The smallest absolute Gasteiger partial charge is 0.261 e. The summed E-state index contributed by atoms with van der Waals surface area (Å²) in [6, 6.07) is 14.2. The molecule has 0 aromatic heterocycles. The van der Waals surface area contributed by atoms with Crippen molar-refractivity contribution in [3.63, 3.8) is 0 Å². The van der Waals surface area contributed by atoms with Crippen LogP contribution in [0, 0.1) is 11.7 Å². The van der Waals surface area contributed by atoms with E-state index in [1.54, 1.807) is 13.0 Å². The average Bonchev–Trinajstić information content (AvgIpc) is 3.09. The summed E-state index contributed by atoms with van der Waals surface area (Å²) in [4.78, 5) is 15.8. The van der Waals surface area contributed by atoms with Gasteiger partial charge in [0.05, 0.1) is 47.3 Å². The summed E-state index contributed by atoms with van der Waals surface area (Å²) >= 11 is 0. The van der Waals surface area contributed by atoms with E-state index in [2.05, 4.69) is 4.72 Å². The van der Waals surface area contributed by atoms with Gasteiger partial charge < -0.3 is 24.2 Å². The number of nitrogens with zero attached hydrogens (tertiary/aromatic N) is 2. The summed E-state index contributed by atoms with van der Waals surface area (Å²) in [5.41, 5.74) is 0.216. The first-order chi connectivity index (χ1) is 23.7. The van der Waals surface area contributed by atoms with E-state index in [0.29, 0.717) is 25.2 Å². The molecule has 0 saturated heterocycles. The van der Waals surface area contributed by atoms with Gasteiger partial charge in [-0.25, -0.2) is 21.2 Å². The highest BCUT2D eigenvalue weighted by Gasteiger charge is 2.32. The molecular weight excluding hydrogens is 690 g/mol. The minimum atomic E-state index is -4.04. The van der Waals surface area contributed by atoms with E-state index in [4.69, 9.17) is 14.2 Å². The van der Waals surface area contributed by atoms with Crippen LogP contribution in [0.1, 0.15) is 50.4 Å². The molecule has 12 nitrogen and oxygen atoms in total. The van der Waals surface area contributed by atoms with Crippen LogP contribution in [0.25, 0.3) is 0 Å². The predicted octanol–water partition coefficient (Wildman–Crippen LogP) is 4.75. The Morgan fingerprint density at radius 1 is 1.02 bits per heavy atom.